The van der Waals surface area contributed by atoms with Gasteiger partial charge in [0, 0.05) is 19.3 Å². The molecule has 2 rings (SSSR count). The van der Waals surface area contributed by atoms with Crippen LogP contribution >= 0.6 is 11.8 Å². The third-order valence-electron chi connectivity index (χ3n) is 2.62. The Hall–Kier alpha value is -2.20. The minimum absolute atomic E-state index is 0.501. The molecule has 0 amide bonds. The van der Waals surface area contributed by atoms with Crippen molar-refractivity contribution in [1.29, 1.82) is 5.26 Å². The van der Waals surface area contributed by atoms with Gasteiger partial charge in [0.05, 0.1) is 11.0 Å². The summed E-state index contributed by atoms with van der Waals surface area (Å²) in [5.74, 6) is 1.44. The fraction of sp³-hybridized carbons (Fsp3) is 0.308. The summed E-state index contributed by atoms with van der Waals surface area (Å²) in [6.07, 6.45) is 2.79. The van der Waals surface area contributed by atoms with Gasteiger partial charge in [0.2, 0.25) is 5.96 Å². The van der Waals surface area contributed by atoms with Crippen LogP contribution in [0.4, 0.5) is 0 Å². The van der Waals surface area contributed by atoms with Crippen molar-refractivity contribution in [1.82, 2.24) is 20.6 Å². The smallest absolute Gasteiger partial charge is 0.204 e. The molecule has 0 aliphatic heterocycles. The quantitative estimate of drug-likeness (QED) is 0.195. The Labute approximate surface area is 121 Å². The highest BCUT2D eigenvalue weighted by Crippen LogP contribution is 2.19. The first-order chi connectivity index (χ1) is 9.83. The van der Waals surface area contributed by atoms with Crippen LogP contribution in [0.1, 0.15) is 6.42 Å². The zero-order valence-corrected chi connectivity index (χ0v) is 12.0. The number of rotatable bonds is 5. The van der Waals surface area contributed by atoms with Gasteiger partial charge in [0.25, 0.3) is 0 Å². The van der Waals surface area contributed by atoms with Crippen LogP contribution < -0.4 is 10.6 Å². The predicted molar refractivity (Wildman–Crippen MR) is 81.5 cm³/mol. The van der Waals surface area contributed by atoms with Crippen molar-refractivity contribution in [2.75, 3.05) is 19.3 Å². The van der Waals surface area contributed by atoms with Crippen molar-refractivity contribution < 1.29 is 0 Å². The Morgan fingerprint density at radius 2 is 2.35 bits per heavy atom. The van der Waals surface area contributed by atoms with Gasteiger partial charge in [0.1, 0.15) is 0 Å². The van der Waals surface area contributed by atoms with Gasteiger partial charge in [-0.25, -0.2) is 4.98 Å². The Morgan fingerprint density at radius 3 is 3.10 bits per heavy atom. The lowest BCUT2D eigenvalue weighted by Crippen LogP contribution is -2.35. The Balaban J connectivity index is 1.72. The second kappa shape index (κ2) is 7.40. The third-order valence-corrected chi connectivity index (χ3v) is 3.58. The molecule has 1 aromatic heterocycles. The molecule has 104 valence electrons. The molecule has 0 unspecified atom stereocenters. The van der Waals surface area contributed by atoms with Gasteiger partial charge < -0.3 is 10.3 Å². The molecule has 0 bridgehead atoms. The van der Waals surface area contributed by atoms with Gasteiger partial charge in [0.15, 0.2) is 11.3 Å². The van der Waals surface area contributed by atoms with Crippen molar-refractivity contribution >= 4 is 28.8 Å². The highest BCUT2D eigenvalue weighted by molar-refractivity contribution is 7.99. The lowest BCUT2D eigenvalue weighted by molar-refractivity contribution is 0.826. The lowest BCUT2D eigenvalue weighted by atomic mass is 10.3. The fourth-order valence-electron chi connectivity index (χ4n) is 1.68. The van der Waals surface area contributed by atoms with E-state index in [1.54, 1.807) is 18.8 Å². The molecule has 0 atom stereocenters. The number of imidazole rings is 1. The van der Waals surface area contributed by atoms with Crippen LogP contribution in [0.2, 0.25) is 0 Å². The van der Waals surface area contributed by atoms with E-state index >= 15 is 0 Å². The van der Waals surface area contributed by atoms with Crippen LogP contribution in [0.3, 0.4) is 0 Å². The van der Waals surface area contributed by atoms with Crippen molar-refractivity contribution in [3.05, 3.63) is 24.3 Å². The number of hydrogen-bond donors (Lipinski definition) is 3. The van der Waals surface area contributed by atoms with Crippen LogP contribution in [0.25, 0.3) is 11.0 Å². The first-order valence-corrected chi connectivity index (χ1v) is 7.25. The van der Waals surface area contributed by atoms with Gasteiger partial charge >= 0.3 is 0 Å². The molecule has 1 heterocycles. The van der Waals surface area contributed by atoms with Crippen molar-refractivity contribution in [3.63, 3.8) is 0 Å². The molecule has 0 spiro atoms. The monoisotopic (exact) mass is 288 g/mol. The van der Waals surface area contributed by atoms with E-state index in [4.69, 9.17) is 5.26 Å². The maximum atomic E-state index is 8.49. The zero-order valence-electron chi connectivity index (χ0n) is 11.2. The van der Waals surface area contributed by atoms with Gasteiger partial charge in [-0.1, -0.05) is 23.9 Å². The van der Waals surface area contributed by atoms with Crippen LogP contribution in [0.5, 0.6) is 0 Å². The first-order valence-electron chi connectivity index (χ1n) is 6.27. The minimum Gasteiger partial charge on any atom is -0.356 e. The van der Waals surface area contributed by atoms with E-state index in [1.807, 2.05) is 30.5 Å². The molecular formula is C13H16N6S. The Bertz CT molecular complexity index is 594. The van der Waals surface area contributed by atoms with E-state index < -0.39 is 0 Å². The Morgan fingerprint density at radius 1 is 1.50 bits per heavy atom. The number of thioether (sulfide) groups is 1. The van der Waals surface area contributed by atoms with Gasteiger partial charge in [-0.2, -0.15) is 5.26 Å². The number of fused-ring (bicyclic) bond motifs is 1. The van der Waals surface area contributed by atoms with E-state index in [0.717, 1.165) is 34.9 Å². The molecule has 3 N–H and O–H groups in total. The van der Waals surface area contributed by atoms with E-state index in [1.165, 1.54) is 0 Å². The number of nitriles is 1. The molecule has 0 radical (unpaired) electrons. The summed E-state index contributed by atoms with van der Waals surface area (Å²) in [5.41, 5.74) is 2.05. The van der Waals surface area contributed by atoms with Crippen LogP contribution in [-0.4, -0.2) is 35.3 Å². The SMILES string of the molecule is C/N=C(/NC#N)NCCCSc1nc2ccccc2[nH]1. The molecule has 6 nitrogen and oxygen atoms in total. The number of nitrogens with one attached hydrogen (secondary N) is 3. The number of H-pyrrole nitrogens is 1. The van der Waals surface area contributed by atoms with Crippen LogP contribution in [0.15, 0.2) is 34.4 Å². The number of para-hydroxylation sites is 2. The summed E-state index contributed by atoms with van der Waals surface area (Å²) in [7, 11) is 1.63. The topological polar surface area (TPSA) is 88.9 Å². The van der Waals surface area contributed by atoms with E-state index in [-0.39, 0.29) is 0 Å². The molecule has 0 saturated carbocycles. The van der Waals surface area contributed by atoms with Crippen molar-refractivity contribution in [2.24, 2.45) is 4.99 Å². The highest BCUT2D eigenvalue weighted by Gasteiger charge is 2.02. The summed E-state index contributed by atoms with van der Waals surface area (Å²) < 4.78 is 0. The summed E-state index contributed by atoms with van der Waals surface area (Å²) >= 11 is 1.69. The largest absolute Gasteiger partial charge is 0.356 e. The fourth-order valence-corrected chi connectivity index (χ4v) is 2.50. The lowest BCUT2D eigenvalue weighted by Gasteiger charge is -2.05. The summed E-state index contributed by atoms with van der Waals surface area (Å²) in [4.78, 5) is 11.7. The second-order valence-corrected chi connectivity index (χ2v) is 5.08. The average molecular weight is 288 g/mol. The second-order valence-electron chi connectivity index (χ2n) is 4.00. The molecule has 0 saturated heterocycles. The van der Waals surface area contributed by atoms with Crippen LogP contribution in [0, 0.1) is 11.5 Å². The molecule has 2 aromatic rings. The summed E-state index contributed by atoms with van der Waals surface area (Å²) in [6, 6.07) is 7.99. The first kappa shape index (κ1) is 14.2. The van der Waals surface area contributed by atoms with Crippen LogP contribution in [-0.2, 0) is 0 Å². The van der Waals surface area contributed by atoms with Gasteiger partial charge in [-0.05, 0) is 18.6 Å². The summed E-state index contributed by atoms with van der Waals surface area (Å²) in [6.45, 7) is 0.759. The van der Waals surface area contributed by atoms with E-state index in [0.29, 0.717) is 5.96 Å². The number of nitrogens with zero attached hydrogens (tertiary/aromatic N) is 3. The molecular weight excluding hydrogens is 272 g/mol. The van der Waals surface area contributed by atoms with Crippen molar-refractivity contribution in [2.45, 2.75) is 11.6 Å². The van der Waals surface area contributed by atoms with Gasteiger partial charge in [-0.15, -0.1) is 0 Å². The molecule has 0 aliphatic carbocycles. The standard InChI is InChI=1S/C13H16N6S/c1-15-12(17-9-14)16-7-4-8-20-13-18-10-5-2-3-6-11(10)19-13/h2-3,5-6H,4,7-8H2,1H3,(H,18,19)(H2,15,16,17). The number of aromatic nitrogens is 2. The number of guanidine groups is 1. The number of aliphatic imine (C=N–C) groups is 1. The van der Waals surface area contributed by atoms with E-state index in [9.17, 15) is 0 Å². The number of hydrogen-bond acceptors (Lipinski definition) is 4. The molecule has 0 aliphatic rings. The molecule has 1 aromatic carbocycles. The maximum absolute atomic E-state index is 8.49. The van der Waals surface area contributed by atoms with Gasteiger partial charge in [-0.3, -0.25) is 10.3 Å². The number of benzene rings is 1. The van der Waals surface area contributed by atoms with E-state index in [2.05, 4.69) is 25.6 Å². The predicted octanol–water partition coefficient (Wildman–Crippen LogP) is 1.69. The van der Waals surface area contributed by atoms with Crippen molar-refractivity contribution in [3.8, 4) is 6.19 Å². The molecule has 20 heavy (non-hydrogen) atoms. The Kier molecular flexibility index (Phi) is 5.26. The minimum atomic E-state index is 0.501. The maximum Gasteiger partial charge on any atom is 0.204 e. The molecule has 0 fully saturated rings. The highest BCUT2D eigenvalue weighted by atomic mass is 32.2. The average Bonchev–Trinajstić information content (AvgIpc) is 2.88. The normalized spacial score (nSPS) is 11.3. The third kappa shape index (κ3) is 3.90. The molecule has 7 heteroatoms. The number of aromatic amines is 1. The zero-order chi connectivity index (χ0) is 14.2. The summed E-state index contributed by atoms with van der Waals surface area (Å²) in [5, 5.41) is 15.0.